The van der Waals surface area contributed by atoms with Crippen molar-refractivity contribution in [3.05, 3.63) is 11.6 Å². The minimum atomic E-state index is 0.143. The summed E-state index contributed by atoms with van der Waals surface area (Å²) in [4.78, 5) is 4.33. The van der Waals surface area contributed by atoms with Crippen LogP contribution in [0.2, 0.25) is 0 Å². The first-order valence-electron chi connectivity index (χ1n) is 7.49. The highest BCUT2D eigenvalue weighted by Gasteiger charge is 2.51. The molecule has 1 aromatic heterocycles. The summed E-state index contributed by atoms with van der Waals surface area (Å²) in [6.45, 7) is 0.938. The van der Waals surface area contributed by atoms with Crippen LogP contribution < -0.4 is 5.73 Å². The lowest BCUT2D eigenvalue weighted by Crippen LogP contribution is -2.51. The average molecular weight is 262 g/mol. The Kier molecular flexibility index (Phi) is 2.67. The van der Waals surface area contributed by atoms with Gasteiger partial charge in [0.1, 0.15) is 6.61 Å². The van der Waals surface area contributed by atoms with E-state index in [0.29, 0.717) is 19.0 Å². The van der Waals surface area contributed by atoms with E-state index in [0.717, 1.165) is 23.6 Å². The minimum absolute atomic E-state index is 0.143. The van der Waals surface area contributed by atoms with E-state index in [2.05, 4.69) is 15.2 Å². The van der Waals surface area contributed by atoms with Gasteiger partial charge < -0.3 is 10.5 Å². The molecule has 5 heteroatoms. The third-order valence-electron chi connectivity index (χ3n) is 5.26. The second kappa shape index (κ2) is 4.28. The number of nitrogens with zero attached hydrogens (tertiary/aromatic N) is 2. The first-order valence-corrected chi connectivity index (χ1v) is 7.49. The lowest BCUT2D eigenvalue weighted by molar-refractivity contribution is -0.169. The number of nitrogens with two attached hydrogens (primary N) is 1. The molecular formula is C14H22N4O. The fourth-order valence-electron chi connectivity index (χ4n) is 4.92. The number of H-pyrrole nitrogens is 1. The van der Waals surface area contributed by atoms with Crippen LogP contribution in [0.1, 0.15) is 50.2 Å². The summed E-state index contributed by atoms with van der Waals surface area (Å²) in [5, 5.41) is 6.98. The molecule has 4 bridgehead atoms. The van der Waals surface area contributed by atoms with Crippen molar-refractivity contribution < 1.29 is 4.74 Å². The molecule has 19 heavy (non-hydrogen) atoms. The van der Waals surface area contributed by atoms with Crippen molar-refractivity contribution in [1.29, 1.82) is 0 Å². The van der Waals surface area contributed by atoms with E-state index in [9.17, 15) is 0 Å². The molecule has 4 saturated carbocycles. The highest BCUT2D eigenvalue weighted by molar-refractivity contribution is 5.03. The fraction of sp³-hybridized carbons (Fsp3) is 0.857. The van der Waals surface area contributed by atoms with Gasteiger partial charge in [-0.25, -0.2) is 4.98 Å². The molecule has 0 amide bonds. The van der Waals surface area contributed by atoms with Gasteiger partial charge >= 0.3 is 0 Å². The smallest absolute Gasteiger partial charge is 0.164 e. The van der Waals surface area contributed by atoms with Gasteiger partial charge in [0, 0.05) is 0 Å². The highest BCUT2D eigenvalue weighted by Crippen LogP contribution is 2.57. The number of nitrogens with one attached hydrogen (secondary N) is 1. The standard InChI is InChI=1S/C14H22N4O/c15-7-12-16-13(18-17-12)8-19-14-4-9-1-10(5-14)3-11(2-9)6-14/h9-11H,1-8,15H2,(H,16,17,18). The van der Waals surface area contributed by atoms with Crippen LogP contribution in [0.15, 0.2) is 0 Å². The summed E-state index contributed by atoms with van der Waals surface area (Å²) in [5.74, 6) is 4.24. The molecular weight excluding hydrogens is 240 g/mol. The third kappa shape index (κ3) is 2.09. The summed E-state index contributed by atoms with van der Waals surface area (Å²) in [6.07, 6.45) is 8.12. The predicted molar refractivity (Wildman–Crippen MR) is 70.0 cm³/mol. The molecule has 0 atom stereocenters. The summed E-state index contributed by atoms with van der Waals surface area (Å²) < 4.78 is 6.31. The van der Waals surface area contributed by atoms with Gasteiger partial charge in [-0.2, -0.15) is 5.10 Å². The molecule has 4 aliphatic carbocycles. The molecule has 1 aromatic rings. The maximum absolute atomic E-state index is 6.31. The van der Waals surface area contributed by atoms with Gasteiger partial charge in [-0.05, 0) is 56.3 Å². The Bertz CT molecular complexity index is 434. The quantitative estimate of drug-likeness (QED) is 0.866. The molecule has 5 rings (SSSR count). The number of hydrogen-bond acceptors (Lipinski definition) is 4. The number of aromatic nitrogens is 3. The summed E-state index contributed by atoms with van der Waals surface area (Å²) in [5.41, 5.74) is 5.66. The number of aromatic amines is 1. The van der Waals surface area contributed by atoms with Gasteiger partial charge in [0.05, 0.1) is 12.1 Å². The van der Waals surface area contributed by atoms with Crippen LogP contribution in [-0.2, 0) is 17.9 Å². The fourth-order valence-corrected chi connectivity index (χ4v) is 4.92. The van der Waals surface area contributed by atoms with E-state index < -0.39 is 0 Å². The van der Waals surface area contributed by atoms with E-state index >= 15 is 0 Å². The van der Waals surface area contributed by atoms with Crippen molar-refractivity contribution in [3.63, 3.8) is 0 Å². The molecule has 0 saturated heterocycles. The van der Waals surface area contributed by atoms with Gasteiger partial charge in [-0.1, -0.05) is 0 Å². The Morgan fingerprint density at radius 1 is 1.16 bits per heavy atom. The molecule has 104 valence electrons. The Morgan fingerprint density at radius 3 is 2.32 bits per heavy atom. The van der Waals surface area contributed by atoms with E-state index in [1.807, 2.05) is 0 Å². The van der Waals surface area contributed by atoms with Crippen molar-refractivity contribution in [2.24, 2.45) is 23.5 Å². The lowest BCUT2D eigenvalue weighted by Gasteiger charge is -2.56. The zero-order valence-electron chi connectivity index (χ0n) is 11.3. The predicted octanol–water partition coefficient (Wildman–Crippen LogP) is 1.75. The van der Waals surface area contributed by atoms with Crippen LogP contribution in [0.5, 0.6) is 0 Å². The Hall–Kier alpha value is -0.940. The van der Waals surface area contributed by atoms with Crippen LogP contribution >= 0.6 is 0 Å². The zero-order chi connectivity index (χ0) is 12.9. The van der Waals surface area contributed by atoms with Crippen LogP contribution in [0.4, 0.5) is 0 Å². The van der Waals surface area contributed by atoms with E-state index in [1.54, 1.807) is 0 Å². The van der Waals surface area contributed by atoms with Crippen molar-refractivity contribution in [2.45, 2.75) is 57.3 Å². The van der Waals surface area contributed by atoms with Crippen molar-refractivity contribution in [3.8, 4) is 0 Å². The van der Waals surface area contributed by atoms with Crippen molar-refractivity contribution in [2.75, 3.05) is 0 Å². The van der Waals surface area contributed by atoms with Gasteiger partial charge in [-0.15, -0.1) is 0 Å². The average Bonchev–Trinajstić information content (AvgIpc) is 2.83. The first-order chi connectivity index (χ1) is 9.25. The molecule has 0 aromatic carbocycles. The molecule has 0 unspecified atom stereocenters. The van der Waals surface area contributed by atoms with Gasteiger partial charge in [-0.3, -0.25) is 5.10 Å². The largest absolute Gasteiger partial charge is 0.367 e. The summed E-state index contributed by atoms with van der Waals surface area (Å²) in [6, 6.07) is 0. The van der Waals surface area contributed by atoms with Crippen molar-refractivity contribution >= 4 is 0 Å². The molecule has 3 N–H and O–H groups in total. The lowest BCUT2D eigenvalue weighted by atomic mass is 9.54. The topological polar surface area (TPSA) is 76.8 Å². The highest BCUT2D eigenvalue weighted by atomic mass is 16.5. The summed E-state index contributed by atoms with van der Waals surface area (Å²) >= 11 is 0. The number of ether oxygens (including phenoxy) is 1. The first kappa shape index (κ1) is 11.9. The van der Waals surface area contributed by atoms with Crippen LogP contribution in [0.3, 0.4) is 0 Å². The van der Waals surface area contributed by atoms with Gasteiger partial charge in [0.2, 0.25) is 0 Å². The van der Waals surface area contributed by atoms with E-state index in [-0.39, 0.29) is 5.60 Å². The monoisotopic (exact) mass is 262 g/mol. The normalized spacial score (nSPS) is 39.9. The SMILES string of the molecule is NCc1n[nH]c(COC23CC4CC(CC(C4)C2)C3)n1. The maximum Gasteiger partial charge on any atom is 0.164 e. The molecule has 4 aliphatic rings. The molecule has 0 spiro atoms. The van der Waals surface area contributed by atoms with Gasteiger partial charge in [0.25, 0.3) is 0 Å². The van der Waals surface area contributed by atoms with E-state index in [4.69, 9.17) is 10.5 Å². The summed E-state index contributed by atoms with van der Waals surface area (Å²) in [7, 11) is 0. The van der Waals surface area contributed by atoms with Crippen LogP contribution in [0, 0.1) is 17.8 Å². The molecule has 0 aliphatic heterocycles. The van der Waals surface area contributed by atoms with Gasteiger partial charge in [0.15, 0.2) is 11.6 Å². The second-order valence-corrected chi connectivity index (χ2v) is 6.79. The number of rotatable bonds is 4. The van der Waals surface area contributed by atoms with E-state index in [1.165, 1.54) is 38.5 Å². The molecule has 1 heterocycles. The maximum atomic E-state index is 6.31. The second-order valence-electron chi connectivity index (χ2n) is 6.79. The zero-order valence-corrected chi connectivity index (χ0v) is 11.3. The molecule has 4 fully saturated rings. The minimum Gasteiger partial charge on any atom is -0.367 e. The Balaban J connectivity index is 1.44. The van der Waals surface area contributed by atoms with Crippen LogP contribution in [0.25, 0.3) is 0 Å². The molecule has 5 nitrogen and oxygen atoms in total. The van der Waals surface area contributed by atoms with Crippen molar-refractivity contribution in [1.82, 2.24) is 15.2 Å². The third-order valence-corrected chi connectivity index (χ3v) is 5.26. The van der Waals surface area contributed by atoms with Crippen LogP contribution in [-0.4, -0.2) is 20.8 Å². The molecule has 0 radical (unpaired) electrons. The Labute approximate surface area is 113 Å². The number of hydrogen-bond donors (Lipinski definition) is 2. The Morgan fingerprint density at radius 2 is 1.79 bits per heavy atom.